The highest BCUT2D eigenvalue weighted by Crippen LogP contribution is 2.42. The Morgan fingerprint density at radius 1 is 1.31 bits per heavy atom. The van der Waals surface area contributed by atoms with E-state index < -0.39 is 0 Å². The second-order valence-electron chi connectivity index (χ2n) is 6.66. The summed E-state index contributed by atoms with van der Waals surface area (Å²) in [7, 11) is 0. The molecule has 138 valence electrons. The number of hydrogen-bond donors (Lipinski definition) is 1. The third-order valence-electron chi connectivity index (χ3n) is 3.96. The fraction of sp³-hybridized carbons (Fsp3) is 0.368. The van der Waals surface area contributed by atoms with Gasteiger partial charge in [-0.1, -0.05) is 26.0 Å². The summed E-state index contributed by atoms with van der Waals surface area (Å²) >= 11 is 3.26. The van der Waals surface area contributed by atoms with Gasteiger partial charge < -0.3 is 10.2 Å². The van der Waals surface area contributed by atoms with E-state index in [2.05, 4.69) is 19.2 Å². The van der Waals surface area contributed by atoms with Crippen LogP contribution in [0.3, 0.4) is 0 Å². The van der Waals surface area contributed by atoms with Crippen molar-refractivity contribution in [3.63, 3.8) is 0 Å². The van der Waals surface area contributed by atoms with Gasteiger partial charge >= 0.3 is 0 Å². The van der Waals surface area contributed by atoms with Crippen LogP contribution in [0.1, 0.15) is 24.3 Å². The lowest BCUT2D eigenvalue weighted by atomic mass is 10.1. The van der Waals surface area contributed by atoms with Gasteiger partial charge in [-0.2, -0.15) is 0 Å². The van der Waals surface area contributed by atoms with E-state index in [0.717, 1.165) is 21.9 Å². The van der Waals surface area contributed by atoms with Crippen LogP contribution >= 0.6 is 23.1 Å². The number of thioether (sulfide) groups is 1. The van der Waals surface area contributed by atoms with Crippen molar-refractivity contribution < 1.29 is 14.0 Å². The summed E-state index contributed by atoms with van der Waals surface area (Å²) in [6.45, 7) is 4.64. The number of amides is 2. The maximum Gasteiger partial charge on any atom is 0.240 e. The number of carbonyl (C=O) groups is 2. The Labute approximate surface area is 160 Å². The zero-order valence-corrected chi connectivity index (χ0v) is 16.4. The third-order valence-corrected chi connectivity index (χ3v) is 6.37. The average molecular weight is 393 g/mol. The number of thiophene rings is 1. The van der Waals surface area contributed by atoms with E-state index >= 15 is 0 Å². The van der Waals surface area contributed by atoms with Gasteiger partial charge in [0.25, 0.3) is 0 Å². The van der Waals surface area contributed by atoms with Crippen molar-refractivity contribution in [1.29, 1.82) is 0 Å². The number of nitrogens with zero attached hydrogens (tertiary/aromatic N) is 1. The summed E-state index contributed by atoms with van der Waals surface area (Å²) < 4.78 is 14.0. The molecule has 0 saturated carbocycles. The van der Waals surface area contributed by atoms with Gasteiger partial charge in [-0.25, -0.2) is 4.39 Å². The number of anilines is 1. The molecule has 1 aliphatic rings. The summed E-state index contributed by atoms with van der Waals surface area (Å²) in [5, 5.41) is 2.80. The molecule has 0 fully saturated rings. The number of fused-ring (bicyclic) bond motifs is 1. The Kier molecular flexibility index (Phi) is 5.98. The molecule has 1 aromatic carbocycles. The summed E-state index contributed by atoms with van der Waals surface area (Å²) in [4.78, 5) is 27.4. The summed E-state index contributed by atoms with van der Waals surface area (Å²) in [6.07, 6.45) is 0.969. The molecular formula is C19H21FN2O2S2. The van der Waals surface area contributed by atoms with Crippen molar-refractivity contribution in [2.45, 2.75) is 31.0 Å². The second kappa shape index (κ2) is 8.22. The number of hydrogen-bond acceptors (Lipinski definition) is 4. The molecule has 3 rings (SSSR count). The van der Waals surface area contributed by atoms with Crippen molar-refractivity contribution >= 4 is 40.6 Å². The first kappa shape index (κ1) is 18.9. The Morgan fingerprint density at radius 3 is 2.73 bits per heavy atom. The monoisotopic (exact) mass is 392 g/mol. The molecule has 2 amide bonds. The van der Waals surface area contributed by atoms with Gasteiger partial charge in [0.1, 0.15) is 12.4 Å². The first-order chi connectivity index (χ1) is 12.4. The predicted octanol–water partition coefficient (Wildman–Crippen LogP) is 3.84. The van der Waals surface area contributed by atoms with Crippen molar-refractivity contribution in [2.75, 3.05) is 17.2 Å². The first-order valence-corrected chi connectivity index (χ1v) is 10.3. The minimum absolute atomic E-state index is 0.00540. The zero-order chi connectivity index (χ0) is 18.7. The first-order valence-electron chi connectivity index (χ1n) is 8.49. The van der Waals surface area contributed by atoms with Crippen LogP contribution < -0.4 is 10.2 Å². The van der Waals surface area contributed by atoms with E-state index in [9.17, 15) is 14.0 Å². The van der Waals surface area contributed by atoms with Gasteiger partial charge in [-0.3, -0.25) is 9.59 Å². The highest BCUT2D eigenvalue weighted by atomic mass is 32.2. The number of rotatable bonds is 6. The lowest BCUT2D eigenvalue weighted by molar-refractivity contribution is -0.123. The van der Waals surface area contributed by atoms with Crippen LogP contribution in [0.25, 0.3) is 0 Å². The Bertz CT molecular complexity index is 802. The maximum absolute atomic E-state index is 12.9. The van der Waals surface area contributed by atoms with Crippen molar-refractivity contribution in [3.05, 3.63) is 46.6 Å². The largest absolute Gasteiger partial charge is 0.350 e. The van der Waals surface area contributed by atoms with E-state index in [0.29, 0.717) is 18.2 Å². The van der Waals surface area contributed by atoms with E-state index in [1.807, 2.05) is 6.07 Å². The van der Waals surface area contributed by atoms with E-state index in [1.165, 1.54) is 17.0 Å². The SMILES string of the molecule is CC(C)Cc1cc2c(s1)SCC(=O)N2CC(=O)NCc1ccc(F)cc1. The highest BCUT2D eigenvalue weighted by molar-refractivity contribution is 8.02. The third kappa shape index (κ3) is 4.65. The van der Waals surface area contributed by atoms with Gasteiger partial charge in [0, 0.05) is 11.4 Å². The van der Waals surface area contributed by atoms with Gasteiger partial charge in [-0.05, 0) is 36.1 Å². The van der Waals surface area contributed by atoms with Crippen molar-refractivity contribution in [2.24, 2.45) is 5.92 Å². The Balaban J connectivity index is 1.65. The molecular weight excluding hydrogens is 371 g/mol. The van der Waals surface area contributed by atoms with Gasteiger partial charge in [0.05, 0.1) is 15.6 Å². The van der Waals surface area contributed by atoms with Crippen LogP contribution in [0, 0.1) is 11.7 Å². The van der Waals surface area contributed by atoms with Crippen LogP contribution in [0.2, 0.25) is 0 Å². The molecule has 0 aliphatic carbocycles. The molecule has 0 bridgehead atoms. The fourth-order valence-electron chi connectivity index (χ4n) is 2.72. The maximum atomic E-state index is 12.9. The standard InChI is InChI=1S/C19H21FN2O2S2/c1-12(2)7-15-8-16-19(26-15)25-11-18(24)22(16)10-17(23)21-9-13-3-5-14(20)6-4-13/h3-6,8,12H,7,9-11H2,1-2H3,(H,21,23). The van der Waals surface area contributed by atoms with Gasteiger partial charge in [0.2, 0.25) is 11.8 Å². The number of benzene rings is 1. The van der Waals surface area contributed by atoms with Crippen LogP contribution in [0.15, 0.2) is 34.5 Å². The molecule has 0 saturated heterocycles. The summed E-state index contributed by atoms with van der Waals surface area (Å²) in [5.74, 6) is 0.326. The predicted molar refractivity (Wildman–Crippen MR) is 104 cm³/mol. The smallest absolute Gasteiger partial charge is 0.240 e. The van der Waals surface area contributed by atoms with Crippen molar-refractivity contribution in [1.82, 2.24) is 5.32 Å². The molecule has 0 radical (unpaired) electrons. The number of carbonyl (C=O) groups excluding carboxylic acids is 2. The lowest BCUT2D eigenvalue weighted by Gasteiger charge is -2.25. The quantitative estimate of drug-likeness (QED) is 0.813. The fourth-order valence-corrected chi connectivity index (χ4v) is 5.28. The average Bonchev–Trinajstić information content (AvgIpc) is 2.99. The molecule has 2 aromatic rings. The minimum Gasteiger partial charge on any atom is -0.350 e. The summed E-state index contributed by atoms with van der Waals surface area (Å²) in [6, 6.07) is 8.03. The molecule has 0 unspecified atom stereocenters. The number of halogens is 1. The Morgan fingerprint density at radius 2 is 2.04 bits per heavy atom. The van der Waals surface area contributed by atoms with Crippen LogP contribution in [0.4, 0.5) is 10.1 Å². The van der Waals surface area contributed by atoms with Crippen LogP contribution in [-0.2, 0) is 22.6 Å². The van der Waals surface area contributed by atoms with Crippen LogP contribution in [0.5, 0.6) is 0 Å². The molecule has 0 atom stereocenters. The normalized spacial score (nSPS) is 13.8. The van der Waals surface area contributed by atoms with E-state index in [1.54, 1.807) is 40.1 Å². The number of nitrogens with one attached hydrogen (secondary N) is 1. The molecule has 0 spiro atoms. The van der Waals surface area contributed by atoms with Gasteiger partial charge in [0.15, 0.2) is 0 Å². The Hall–Kier alpha value is -1.86. The van der Waals surface area contributed by atoms with Gasteiger partial charge in [-0.15, -0.1) is 23.1 Å². The molecule has 1 aliphatic heterocycles. The molecule has 2 heterocycles. The van der Waals surface area contributed by atoms with E-state index in [-0.39, 0.29) is 24.2 Å². The minimum atomic E-state index is -0.307. The van der Waals surface area contributed by atoms with E-state index in [4.69, 9.17) is 0 Å². The lowest BCUT2D eigenvalue weighted by Crippen LogP contribution is -2.42. The van der Waals surface area contributed by atoms with Crippen molar-refractivity contribution in [3.8, 4) is 0 Å². The highest BCUT2D eigenvalue weighted by Gasteiger charge is 2.28. The van der Waals surface area contributed by atoms with Crippen LogP contribution in [-0.4, -0.2) is 24.1 Å². The zero-order valence-electron chi connectivity index (χ0n) is 14.8. The topological polar surface area (TPSA) is 49.4 Å². The molecule has 4 nitrogen and oxygen atoms in total. The summed E-state index contributed by atoms with van der Waals surface area (Å²) in [5.41, 5.74) is 1.67. The molecule has 7 heteroatoms. The molecule has 1 aromatic heterocycles. The second-order valence-corrected chi connectivity index (χ2v) is 9.04. The molecule has 1 N–H and O–H groups in total. The molecule has 26 heavy (non-hydrogen) atoms.